The standard InChI is InChI=1S/C14H12FN3/c15-13-5-3-11(4-6-13)9-18-14(8-16)12-2-1-7-17-10-12/h1-7,10,14,18H,9H2. The molecule has 0 aliphatic heterocycles. The number of nitriles is 1. The van der Waals surface area contributed by atoms with Crippen LogP contribution in [0.1, 0.15) is 17.2 Å². The third-order valence-corrected chi connectivity index (χ3v) is 2.57. The molecule has 0 saturated carbocycles. The molecule has 1 aromatic heterocycles. The van der Waals surface area contributed by atoms with Crippen molar-refractivity contribution < 1.29 is 4.39 Å². The number of halogens is 1. The van der Waals surface area contributed by atoms with E-state index in [1.807, 2.05) is 6.07 Å². The second-order valence-corrected chi connectivity index (χ2v) is 3.86. The summed E-state index contributed by atoms with van der Waals surface area (Å²) in [5, 5.41) is 12.2. The molecule has 1 aromatic carbocycles. The monoisotopic (exact) mass is 241 g/mol. The van der Waals surface area contributed by atoms with Crippen LogP contribution < -0.4 is 5.32 Å². The molecular formula is C14H12FN3. The maximum Gasteiger partial charge on any atom is 0.123 e. The minimum atomic E-state index is -0.413. The number of hydrogen-bond donors (Lipinski definition) is 1. The van der Waals surface area contributed by atoms with Gasteiger partial charge in [-0.1, -0.05) is 18.2 Å². The van der Waals surface area contributed by atoms with E-state index in [4.69, 9.17) is 5.26 Å². The zero-order valence-corrected chi connectivity index (χ0v) is 9.68. The Bertz CT molecular complexity index is 531. The van der Waals surface area contributed by atoms with Gasteiger partial charge in [0.2, 0.25) is 0 Å². The smallest absolute Gasteiger partial charge is 0.123 e. The van der Waals surface area contributed by atoms with Crippen molar-refractivity contribution in [2.45, 2.75) is 12.6 Å². The molecule has 4 heteroatoms. The summed E-state index contributed by atoms with van der Waals surface area (Å²) in [5.41, 5.74) is 1.75. The fourth-order valence-corrected chi connectivity index (χ4v) is 1.61. The molecule has 2 rings (SSSR count). The average Bonchev–Trinajstić information content (AvgIpc) is 2.43. The van der Waals surface area contributed by atoms with Crippen LogP contribution >= 0.6 is 0 Å². The maximum atomic E-state index is 12.7. The summed E-state index contributed by atoms with van der Waals surface area (Å²) in [6.07, 6.45) is 3.32. The van der Waals surface area contributed by atoms with Gasteiger partial charge in [0.05, 0.1) is 6.07 Å². The van der Waals surface area contributed by atoms with Crippen LogP contribution in [0.2, 0.25) is 0 Å². The first kappa shape index (κ1) is 12.2. The number of hydrogen-bond acceptors (Lipinski definition) is 3. The number of nitrogens with zero attached hydrogens (tertiary/aromatic N) is 2. The van der Waals surface area contributed by atoms with Crippen LogP contribution in [0.15, 0.2) is 48.8 Å². The van der Waals surface area contributed by atoms with Crippen LogP contribution in [0, 0.1) is 17.1 Å². The fraction of sp³-hybridized carbons (Fsp3) is 0.143. The molecule has 1 atom stereocenters. The topological polar surface area (TPSA) is 48.7 Å². The van der Waals surface area contributed by atoms with E-state index in [0.717, 1.165) is 11.1 Å². The Kier molecular flexibility index (Phi) is 4.00. The summed E-state index contributed by atoms with van der Waals surface area (Å²) in [6.45, 7) is 0.507. The predicted octanol–water partition coefficient (Wildman–Crippen LogP) is 2.58. The Morgan fingerprint density at radius 1 is 1.28 bits per heavy atom. The van der Waals surface area contributed by atoms with Crippen molar-refractivity contribution in [3.05, 3.63) is 65.7 Å². The normalized spacial score (nSPS) is 11.8. The van der Waals surface area contributed by atoms with Crippen molar-refractivity contribution in [1.29, 1.82) is 5.26 Å². The molecule has 1 N–H and O–H groups in total. The van der Waals surface area contributed by atoms with E-state index in [1.165, 1.54) is 12.1 Å². The van der Waals surface area contributed by atoms with Crippen LogP contribution in [0.25, 0.3) is 0 Å². The van der Waals surface area contributed by atoms with E-state index < -0.39 is 6.04 Å². The lowest BCUT2D eigenvalue weighted by molar-refractivity contribution is 0.616. The molecular weight excluding hydrogens is 229 g/mol. The van der Waals surface area contributed by atoms with Gasteiger partial charge >= 0.3 is 0 Å². The van der Waals surface area contributed by atoms with Gasteiger partial charge in [-0.2, -0.15) is 5.26 Å². The van der Waals surface area contributed by atoms with E-state index >= 15 is 0 Å². The van der Waals surface area contributed by atoms with Crippen molar-refractivity contribution in [2.24, 2.45) is 0 Å². The highest BCUT2D eigenvalue weighted by molar-refractivity contribution is 5.21. The highest BCUT2D eigenvalue weighted by Gasteiger charge is 2.09. The highest BCUT2D eigenvalue weighted by atomic mass is 19.1. The summed E-state index contributed by atoms with van der Waals surface area (Å²) in [6, 6.07) is 11.6. The Morgan fingerprint density at radius 3 is 2.67 bits per heavy atom. The van der Waals surface area contributed by atoms with Gasteiger partial charge in [0, 0.05) is 24.5 Å². The predicted molar refractivity (Wildman–Crippen MR) is 65.8 cm³/mol. The lowest BCUT2D eigenvalue weighted by Gasteiger charge is -2.11. The van der Waals surface area contributed by atoms with Gasteiger partial charge in [-0.15, -0.1) is 0 Å². The van der Waals surface area contributed by atoms with Gasteiger partial charge in [0.15, 0.2) is 0 Å². The molecule has 0 aliphatic carbocycles. The number of aromatic nitrogens is 1. The SMILES string of the molecule is N#CC(NCc1ccc(F)cc1)c1cccnc1. The first-order valence-electron chi connectivity index (χ1n) is 5.57. The fourth-order valence-electron chi connectivity index (χ4n) is 1.61. The van der Waals surface area contributed by atoms with Gasteiger partial charge in [-0.25, -0.2) is 4.39 Å². The number of benzene rings is 1. The molecule has 0 radical (unpaired) electrons. The molecule has 18 heavy (non-hydrogen) atoms. The molecule has 0 fully saturated rings. The number of rotatable bonds is 4. The number of pyridine rings is 1. The molecule has 3 nitrogen and oxygen atoms in total. The Morgan fingerprint density at radius 2 is 2.06 bits per heavy atom. The van der Waals surface area contributed by atoms with Crippen molar-refractivity contribution in [3.8, 4) is 6.07 Å². The zero-order chi connectivity index (χ0) is 12.8. The first-order chi connectivity index (χ1) is 8.79. The molecule has 0 saturated heterocycles. The molecule has 1 heterocycles. The lowest BCUT2D eigenvalue weighted by Crippen LogP contribution is -2.19. The van der Waals surface area contributed by atoms with E-state index in [1.54, 1.807) is 30.6 Å². The highest BCUT2D eigenvalue weighted by Crippen LogP contribution is 2.11. The van der Waals surface area contributed by atoms with Crippen LogP contribution in [0.5, 0.6) is 0 Å². The van der Waals surface area contributed by atoms with Crippen molar-refractivity contribution in [3.63, 3.8) is 0 Å². The van der Waals surface area contributed by atoms with E-state index in [9.17, 15) is 4.39 Å². The second kappa shape index (κ2) is 5.89. The summed E-state index contributed by atoms with van der Waals surface area (Å²) in [4.78, 5) is 3.98. The summed E-state index contributed by atoms with van der Waals surface area (Å²) < 4.78 is 12.7. The van der Waals surface area contributed by atoms with Gasteiger partial charge in [-0.05, 0) is 23.8 Å². The van der Waals surface area contributed by atoms with Crippen LogP contribution in [0.3, 0.4) is 0 Å². The molecule has 0 bridgehead atoms. The quantitative estimate of drug-likeness (QED) is 0.895. The molecule has 0 aliphatic rings. The van der Waals surface area contributed by atoms with Crippen molar-refractivity contribution >= 4 is 0 Å². The zero-order valence-electron chi connectivity index (χ0n) is 9.68. The Labute approximate surface area is 105 Å². The van der Waals surface area contributed by atoms with Crippen LogP contribution in [-0.4, -0.2) is 4.98 Å². The molecule has 90 valence electrons. The van der Waals surface area contributed by atoms with Crippen LogP contribution in [0.4, 0.5) is 4.39 Å². The van der Waals surface area contributed by atoms with E-state index in [2.05, 4.69) is 16.4 Å². The van der Waals surface area contributed by atoms with Gasteiger partial charge < -0.3 is 0 Å². The van der Waals surface area contributed by atoms with E-state index in [0.29, 0.717) is 6.54 Å². The first-order valence-corrected chi connectivity index (χ1v) is 5.57. The van der Waals surface area contributed by atoms with E-state index in [-0.39, 0.29) is 5.82 Å². The third kappa shape index (κ3) is 3.12. The molecule has 1 unspecified atom stereocenters. The maximum absolute atomic E-state index is 12.7. The molecule has 2 aromatic rings. The summed E-state index contributed by atoms with van der Waals surface area (Å²) in [7, 11) is 0. The van der Waals surface area contributed by atoms with Gasteiger partial charge in [0.25, 0.3) is 0 Å². The van der Waals surface area contributed by atoms with Crippen molar-refractivity contribution in [2.75, 3.05) is 0 Å². The van der Waals surface area contributed by atoms with Gasteiger partial charge in [0.1, 0.15) is 11.9 Å². The molecule has 0 amide bonds. The average molecular weight is 241 g/mol. The number of nitrogens with one attached hydrogen (secondary N) is 1. The summed E-state index contributed by atoms with van der Waals surface area (Å²) in [5.74, 6) is -0.261. The second-order valence-electron chi connectivity index (χ2n) is 3.86. The molecule has 0 spiro atoms. The van der Waals surface area contributed by atoms with Crippen molar-refractivity contribution in [1.82, 2.24) is 10.3 Å². The van der Waals surface area contributed by atoms with Crippen LogP contribution in [-0.2, 0) is 6.54 Å². The third-order valence-electron chi connectivity index (χ3n) is 2.57. The largest absolute Gasteiger partial charge is 0.294 e. The minimum absolute atomic E-state index is 0.261. The lowest BCUT2D eigenvalue weighted by atomic mass is 10.1. The Balaban J connectivity index is 2.00. The minimum Gasteiger partial charge on any atom is -0.294 e. The van der Waals surface area contributed by atoms with Gasteiger partial charge in [-0.3, -0.25) is 10.3 Å². The Hall–Kier alpha value is -2.25. The summed E-state index contributed by atoms with van der Waals surface area (Å²) >= 11 is 0.